The normalized spacial score (nSPS) is 13.3. The molecule has 0 fully saturated rings. The van der Waals surface area contributed by atoms with Crippen LogP contribution < -0.4 is 16.0 Å². The van der Waals surface area contributed by atoms with Crippen molar-refractivity contribution < 1.29 is 23.9 Å². The van der Waals surface area contributed by atoms with E-state index in [0.29, 0.717) is 28.1 Å². The van der Waals surface area contributed by atoms with E-state index in [0.717, 1.165) is 0 Å². The number of likely N-dealkylation sites (N-methyl/N-ethyl adjacent to an activating group) is 1. The number of halogens is 1. The predicted octanol–water partition coefficient (Wildman–Crippen LogP) is 2.65. The number of nitrogens with zero attached hydrogens (tertiary/aromatic N) is 1. The number of aliphatic hydroxyl groups is 1. The first kappa shape index (κ1) is 26.1. The summed E-state index contributed by atoms with van der Waals surface area (Å²) in [7, 11) is 3.12. The van der Waals surface area contributed by atoms with Crippen LogP contribution in [0.25, 0.3) is 0 Å². The summed E-state index contributed by atoms with van der Waals surface area (Å²) < 4.78 is 15.1. The predicted molar refractivity (Wildman–Crippen MR) is 124 cm³/mol. The van der Waals surface area contributed by atoms with Gasteiger partial charge in [-0.3, -0.25) is 14.4 Å². The van der Waals surface area contributed by atoms with Gasteiger partial charge in [0.05, 0.1) is 11.3 Å². The number of aryl methyl sites for hydroxylation is 1. The molecule has 0 saturated heterocycles. The number of carbonyl (C=O) groups excluding carboxylic acids is 3. The second-order valence-electron chi connectivity index (χ2n) is 9.27. The minimum Gasteiger partial charge on any atom is -0.377 e. The molecule has 33 heavy (non-hydrogen) atoms. The molecule has 1 heterocycles. The number of nitrogens with one attached hydrogen (secondary N) is 3. The lowest BCUT2D eigenvalue weighted by atomic mass is 9.86. The van der Waals surface area contributed by atoms with Crippen molar-refractivity contribution in [1.29, 1.82) is 0 Å². The molecule has 0 aliphatic rings. The Hall–Kier alpha value is -3.20. The highest BCUT2D eigenvalue weighted by molar-refractivity contribution is 6.06. The van der Waals surface area contributed by atoms with Crippen LogP contribution in [0.1, 0.15) is 59.7 Å². The third-order valence-electron chi connectivity index (χ3n) is 5.80. The van der Waals surface area contributed by atoms with E-state index in [1.807, 2.05) is 0 Å². The summed E-state index contributed by atoms with van der Waals surface area (Å²) in [5.74, 6) is -1.94. The van der Waals surface area contributed by atoms with Crippen molar-refractivity contribution in [2.45, 2.75) is 53.7 Å². The highest BCUT2D eigenvalue weighted by Gasteiger charge is 2.35. The number of aromatic nitrogens is 1. The molecular weight excluding hydrogens is 427 g/mol. The van der Waals surface area contributed by atoms with Gasteiger partial charge in [0.1, 0.15) is 11.9 Å². The molecule has 1 aromatic heterocycles. The van der Waals surface area contributed by atoms with E-state index in [1.165, 1.54) is 25.2 Å². The molecular formula is C24H33FN4O4. The van der Waals surface area contributed by atoms with Crippen molar-refractivity contribution in [2.75, 3.05) is 12.4 Å². The van der Waals surface area contributed by atoms with Gasteiger partial charge in [-0.1, -0.05) is 20.8 Å². The van der Waals surface area contributed by atoms with E-state index in [1.54, 1.807) is 53.2 Å². The van der Waals surface area contributed by atoms with Crippen molar-refractivity contribution in [3.8, 4) is 0 Å². The molecule has 0 aliphatic carbocycles. The lowest BCUT2D eigenvalue weighted by Crippen LogP contribution is -2.54. The first-order valence-electron chi connectivity index (χ1n) is 10.6. The molecule has 2 atom stereocenters. The molecule has 180 valence electrons. The molecule has 0 radical (unpaired) electrons. The van der Waals surface area contributed by atoms with Gasteiger partial charge < -0.3 is 25.6 Å². The summed E-state index contributed by atoms with van der Waals surface area (Å²) in [4.78, 5) is 38.1. The van der Waals surface area contributed by atoms with Crippen molar-refractivity contribution in [1.82, 2.24) is 15.2 Å². The maximum Gasteiger partial charge on any atom is 0.257 e. The topological polar surface area (TPSA) is 112 Å². The van der Waals surface area contributed by atoms with Gasteiger partial charge in [-0.15, -0.1) is 0 Å². The van der Waals surface area contributed by atoms with E-state index in [2.05, 4.69) is 16.0 Å². The Morgan fingerprint density at radius 1 is 1.09 bits per heavy atom. The summed E-state index contributed by atoms with van der Waals surface area (Å²) in [6.45, 7) is 10.4. The first-order valence-corrected chi connectivity index (χ1v) is 10.6. The monoisotopic (exact) mass is 460 g/mol. The average molecular weight is 461 g/mol. The highest BCUT2D eigenvalue weighted by atomic mass is 19.1. The Kier molecular flexibility index (Phi) is 7.69. The van der Waals surface area contributed by atoms with E-state index in [4.69, 9.17) is 0 Å². The fourth-order valence-corrected chi connectivity index (χ4v) is 3.80. The minimum atomic E-state index is -1.60. The molecule has 4 N–H and O–H groups in total. The zero-order valence-corrected chi connectivity index (χ0v) is 20.4. The van der Waals surface area contributed by atoms with Gasteiger partial charge >= 0.3 is 0 Å². The van der Waals surface area contributed by atoms with Crippen LogP contribution in [0, 0.1) is 32.0 Å². The van der Waals surface area contributed by atoms with Gasteiger partial charge in [0, 0.05) is 25.5 Å². The minimum absolute atomic E-state index is 0.245. The fourth-order valence-electron chi connectivity index (χ4n) is 3.80. The third kappa shape index (κ3) is 5.42. The SMILES string of the molecule is CNC(=O)[C@H](NC(=O)C(O)c1c(C)c(C(=O)Nc2ccc(F)c(C)c2)c(C)n1C)C(C)(C)C. The van der Waals surface area contributed by atoms with Crippen molar-refractivity contribution >= 4 is 23.4 Å². The van der Waals surface area contributed by atoms with Crippen LogP contribution in [0.2, 0.25) is 0 Å². The van der Waals surface area contributed by atoms with Gasteiger partial charge in [-0.25, -0.2) is 4.39 Å². The smallest absolute Gasteiger partial charge is 0.257 e. The van der Waals surface area contributed by atoms with Crippen molar-refractivity contribution in [3.05, 3.63) is 52.1 Å². The summed E-state index contributed by atoms with van der Waals surface area (Å²) in [5, 5.41) is 18.7. The first-order chi connectivity index (χ1) is 15.2. The molecule has 0 aliphatic heterocycles. The number of carbonyl (C=O) groups is 3. The number of hydrogen-bond donors (Lipinski definition) is 4. The Bertz CT molecular complexity index is 1090. The van der Waals surface area contributed by atoms with Gasteiger partial charge in [0.2, 0.25) is 5.91 Å². The van der Waals surface area contributed by atoms with Crippen LogP contribution in [0.15, 0.2) is 18.2 Å². The van der Waals surface area contributed by atoms with E-state index >= 15 is 0 Å². The molecule has 9 heteroatoms. The lowest BCUT2D eigenvalue weighted by Gasteiger charge is -2.30. The molecule has 2 aromatic rings. The Morgan fingerprint density at radius 2 is 1.70 bits per heavy atom. The molecule has 0 saturated carbocycles. The van der Waals surface area contributed by atoms with Crippen molar-refractivity contribution in [3.63, 3.8) is 0 Å². The lowest BCUT2D eigenvalue weighted by molar-refractivity contribution is -0.136. The summed E-state index contributed by atoms with van der Waals surface area (Å²) >= 11 is 0. The largest absolute Gasteiger partial charge is 0.377 e. The summed E-state index contributed by atoms with van der Waals surface area (Å²) in [5.41, 5.74) is 1.76. The second kappa shape index (κ2) is 9.74. The maximum atomic E-state index is 13.5. The zero-order valence-electron chi connectivity index (χ0n) is 20.4. The van der Waals surface area contributed by atoms with E-state index in [9.17, 15) is 23.9 Å². The van der Waals surface area contributed by atoms with Gasteiger partial charge in [0.15, 0.2) is 6.10 Å². The Labute approximate surface area is 193 Å². The number of benzene rings is 1. The van der Waals surface area contributed by atoms with Gasteiger partial charge in [-0.2, -0.15) is 0 Å². The van der Waals surface area contributed by atoms with Crippen LogP contribution >= 0.6 is 0 Å². The maximum absolute atomic E-state index is 13.5. The van der Waals surface area contributed by atoms with Crippen LogP contribution in [0.3, 0.4) is 0 Å². The summed E-state index contributed by atoms with van der Waals surface area (Å²) in [6.07, 6.45) is -1.60. The van der Waals surface area contributed by atoms with Crippen LogP contribution in [0.5, 0.6) is 0 Å². The number of aliphatic hydroxyl groups excluding tert-OH is 1. The number of hydrogen-bond acceptors (Lipinski definition) is 4. The number of rotatable bonds is 6. The molecule has 1 unspecified atom stereocenters. The van der Waals surface area contributed by atoms with E-state index in [-0.39, 0.29) is 17.4 Å². The van der Waals surface area contributed by atoms with Gasteiger partial charge in [0.25, 0.3) is 11.8 Å². The molecule has 0 bridgehead atoms. The zero-order chi connectivity index (χ0) is 25.2. The average Bonchev–Trinajstić information content (AvgIpc) is 2.95. The van der Waals surface area contributed by atoms with Crippen LogP contribution in [0.4, 0.5) is 10.1 Å². The van der Waals surface area contributed by atoms with Crippen LogP contribution in [-0.4, -0.2) is 40.5 Å². The molecule has 3 amide bonds. The Balaban J connectivity index is 2.35. The highest BCUT2D eigenvalue weighted by Crippen LogP contribution is 2.28. The quantitative estimate of drug-likeness (QED) is 0.531. The van der Waals surface area contributed by atoms with Gasteiger partial charge in [-0.05, 0) is 55.5 Å². The molecule has 0 spiro atoms. The fraction of sp³-hybridized carbons (Fsp3) is 0.458. The summed E-state index contributed by atoms with van der Waals surface area (Å²) in [6, 6.07) is 3.39. The molecule has 1 aromatic carbocycles. The molecule has 8 nitrogen and oxygen atoms in total. The molecule has 2 rings (SSSR count). The third-order valence-corrected chi connectivity index (χ3v) is 5.80. The second-order valence-corrected chi connectivity index (χ2v) is 9.27. The number of anilines is 1. The number of amides is 3. The Morgan fingerprint density at radius 3 is 2.21 bits per heavy atom. The van der Waals surface area contributed by atoms with E-state index < -0.39 is 29.4 Å². The standard InChI is InChI=1S/C24H33FN4O4/c1-12-11-15(9-10-16(12)25)27-21(31)17-13(2)18(29(8)14(17)3)19(30)22(32)28-20(23(33)26-7)24(4,5)6/h9-11,19-20,30H,1-8H3,(H,26,33)(H,27,31)(H,28,32)/t19?,20-/m0/s1. The van der Waals surface area contributed by atoms with Crippen molar-refractivity contribution in [2.24, 2.45) is 12.5 Å². The van der Waals surface area contributed by atoms with Crippen LogP contribution in [-0.2, 0) is 16.6 Å².